The maximum absolute atomic E-state index is 6.71. The molecule has 0 aromatic heterocycles. The van der Waals surface area contributed by atoms with Gasteiger partial charge in [0.2, 0.25) is 0 Å². The van der Waals surface area contributed by atoms with Crippen molar-refractivity contribution in [3.05, 3.63) is 28.8 Å². The zero-order chi connectivity index (χ0) is 15.2. The number of aryl methyl sites for hydroxylation is 1. The lowest BCUT2D eigenvalue weighted by molar-refractivity contribution is -0.0844. The molecule has 0 radical (unpaired) electrons. The first-order valence-electron chi connectivity index (χ1n) is 9.04. The van der Waals surface area contributed by atoms with Crippen LogP contribution in [0.25, 0.3) is 0 Å². The topological polar surface area (TPSA) is 12.5 Å². The average molecular weight is 297 g/mol. The maximum atomic E-state index is 6.71. The SMILES string of the molecule is Cc1ccc2c3c1O[C@H]1C(C)[C@H](C)C[C@H]4[C@@H](C2)N(C)CC[C@]314. The molecule has 1 saturated heterocycles. The van der Waals surface area contributed by atoms with Gasteiger partial charge in [-0.15, -0.1) is 0 Å². The zero-order valence-corrected chi connectivity index (χ0v) is 14.2. The molecule has 4 aliphatic rings. The Balaban J connectivity index is 1.80. The molecule has 22 heavy (non-hydrogen) atoms. The molecule has 0 N–H and O–H groups in total. The third-order valence-corrected chi connectivity index (χ3v) is 7.66. The van der Waals surface area contributed by atoms with Crippen molar-refractivity contribution < 1.29 is 4.74 Å². The molecular formula is C20H27NO. The molecule has 1 spiro atoms. The van der Waals surface area contributed by atoms with Gasteiger partial charge in [0.25, 0.3) is 0 Å². The maximum Gasteiger partial charge on any atom is 0.126 e. The Morgan fingerprint density at radius 2 is 2.09 bits per heavy atom. The van der Waals surface area contributed by atoms with Gasteiger partial charge in [-0.2, -0.15) is 0 Å². The molecule has 2 heteroatoms. The smallest absolute Gasteiger partial charge is 0.126 e. The lowest BCUT2D eigenvalue weighted by atomic mass is 9.48. The van der Waals surface area contributed by atoms with Crippen molar-refractivity contribution in [2.45, 2.75) is 57.6 Å². The Bertz CT molecular complexity index is 653. The van der Waals surface area contributed by atoms with E-state index >= 15 is 0 Å². The molecular weight excluding hydrogens is 270 g/mol. The van der Waals surface area contributed by atoms with Crippen LogP contribution in [0.1, 0.15) is 43.4 Å². The van der Waals surface area contributed by atoms with Crippen molar-refractivity contribution in [3.8, 4) is 5.75 Å². The number of nitrogens with zero attached hydrogens (tertiary/aromatic N) is 1. The number of likely N-dealkylation sites (N-methyl/N-ethyl adjacent to an activating group) is 1. The van der Waals surface area contributed by atoms with Crippen LogP contribution in [-0.4, -0.2) is 30.6 Å². The summed E-state index contributed by atoms with van der Waals surface area (Å²) in [6.07, 6.45) is 4.30. The van der Waals surface area contributed by atoms with E-state index in [0.717, 1.165) is 17.9 Å². The second-order valence-electron chi connectivity index (χ2n) is 8.51. The fourth-order valence-corrected chi connectivity index (χ4v) is 6.34. The van der Waals surface area contributed by atoms with E-state index in [1.165, 1.54) is 37.1 Å². The molecule has 2 aliphatic carbocycles. The van der Waals surface area contributed by atoms with Gasteiger partial charge in [-0.05, 0) is 68.7 Å². The number of rotatable bonds is 0. The summed E-state index contributed by atoms with van der Waals surface area (Å²) in [6.45, 7) is 8.34. The number of hydrogen-bond donors (Lipinski definition) is 0. The summed E-state index contributed by atoms with van der Waals surface area (Å²) in [5.74, 6) is 3.49. The van der Waals surface area contributed by atoms with E-state index in [-0.39, 0.29) is 0 Å². The van der Waals surface area contributed by atoms with Gasteiger partial charge in [0.1, 0.15) is 11.9 Å². The Morgan fingerprint density at radius 3 is 2.91 bits per heavy atom. The van der Waals surface area contributed by atoms with Crippen LogP contribution < -0.4 is 4.74 Å². The van der Waals surface area contributed by atoms with Crippen LogP contribution in [0.4, 0.5) is 0 Å². The van der Waals surface area contributed by atoms with Gasteiger partial charge in [0.05, 0.1) is 0 Å². The third-order valence-electron chi connectivity index (χ3n) is 7.66. The minimum absolute atomic E-state index is 0.317. The van der Waals surface area contributed by atoms with E-state index in [2.05, 4.69) is 44.9 Å². The van der Waals surface area contributed by atoms with Gasteiger partial charge >= 0.3 is 0 Å². The summed E-state index contributed by atoms with van der Waals surface area (Å²) in [7, 11) is 2.34. The Hall–Kier alpha value is -1.02. The molecule has 118 valence electrons. The largest absolute Gasteiger partial charge is 0.489 e. The fraction of sp³-hybridized carbons (Fsp3) is 0.700. The summed E-state index contributed by atoms with van der Waals surface area (Å²) in [6, 6.07) is 5.40. The van der Waals surface area contributed by atoms with Gasteiger partial charge in [-0.3, -0.25) is 0 Å². The van der Waals surface area contributed by atoms with Gasteiger partial charge in [0, 0.05) is 17.0 Å². The van der Waals surface area contributed by atoms with Gasteiger partial charge < -0.3 is 9.64 Å². The van der Waals surface area contributed by atoms with Crippen molar-refractivity contribution >= 4 is 0 Å². The summed E-state index contributed by atoms with van der Waals surface area (Å²) in [5, 5.41) is 0. The molecule has 2 heterocycles. The highest BCUT2D eigenvalue weighted by Crippen LogP contribution is 2.64. The molecule has 0 amide bonds. The van der Waals surface area contributed by atoms with E-state index in [1.807, 2.05) is 0 Å². The van der Waals surface area contributed by atoms with E-state index < -0.39 is 0 Å². The number of hydrogen-bond acceptors (Lipinski definition) is 2. The Kier molecular flexibility index (Phi) is 2.49. The first kappa shape index (κ1) is 13.4. The van der Waals surface area contributed by atoms with Crippen LogP contribution in [0.5, 0.6) is 5.75 Å². The van der Waals surface area contributed by atoms with Crippen molar-refractivity contribution in [2.24, 2.45) is 17.8 Å². The highest BCUT2D eigenvalue weighted by atomic mass is 16.5. The van der Waals surface area contributed by atoms with Crippen LogP contribution >= 0.6 is 0 Å². The van der Waals surface area contributed by atoms with E-state index in [0.29, 0.717) is 17.4 Å². The predicted molar refractivity (Wildman–Crippen MR) is 88.4 cm³/mol. The van der Waals surface area contributed by atoms with Gasteiger partial charge in [-0.25, -0.2) is 0 Å². The number of benzene rings is 1. The van der Waals surface area contributed by atoms with Gasteiger partial charge in [-0.1, -0.05) is 26.0 Å². The molecule has 1 unspecified atom stereocenters. The molecule has 2 bridgehead atoms. The highest BCUT2D eigenvalue weighted by molar-refractivity contribution is 5.58. The van der Waals surface area contributed by atoms with E-state index in [9.17, 15) is 0 Å². The second-order valence-corrected chi connectivity index (χ2v) is 8.51. The van der Waals surface area contributed by atoms with Crippen LogP contribution in [0, 0.1) is 24.7 Å². The first-order valence-corrected chi connectivity index (χ1v) is 9.04. The minimum atomic E-state index is 0.317. The van der Waals surface area contributed by atoms with E-state index in [4.69, 9.17) is 4.74 Å². The van der Waals surface area contributed by atoms with Crippen LogP contribution in [0.2, 0.25) is 0 Å². The molecule has 1 aromatic rings. The lowest BCUT2D eigenvalue weighted by Crippen LogP contribution is -2.66. The van der Waals surface area contributed by atoms with Crippen molar-refractivity contribution in [3.63, 3.8) is 0 Å². The van der Waals surface area contributed by atoms with Crippen LogP contribution in [0.15, 0.2) is 12.1 Å². The Labute approximate surface area is 133 Å². The number of piperidine rings is 1. The minimum Gasteiger partial charge on any atom is -0.489 e. The van der Waals surface area contributed by atoms with Crippen molar-refractivity contribution in [1.29, 1.82) is 0 Å². The zero-order valence-electron chi connectivity index (χ0n) is 14.2. The predicted octanol–water partition coefficient (Wildman–Crippen LogP) is 3.55. The lowest BCUT2D eigenvalue weighted by Gasteiger charge is -2.60. The molecule has 5 rings (SSSR count). The summed E-state index contributed by atoms with van der Waals surface area (Å²) in [4.78, 5) is 2.64. The summed E-state index contributed by atoms with van der Waals surface area (Å²) < 4.78 is 6.71. The van der Waals surface area contributed by atoms with E-state index in [1.54, 1.807) is 11.1 Å². The normalized spacial score (nSPS) is 45.4. The quantitative estimate of drug-likeness (QED) is 0.726. The highest BCUT2D eigenvalue weighted by Gasteiger charge is 2.65. The number of ether oxygens (including phenoxy) is 1. The van der Waals surface area contributed by atoms with Crippen LogP contribution in [0.3, 0.4) is 0 Å². The average Bonchev–Trinajstić information content (AvgIpc) is 2.84. The van der Waals surface area contributed by atoms with Crippen molar-refractivity contribution in [1.82, 2.24) is 4.90 Å². The molecule has 6 atom stereocenters. The monoisotopic (exact) mass is 297 g/mol. The summed E-state index contributed by atoms with van der Waals surface area (Å²) >= 11 is 0. The fourth-order valence-electron chi connectivity index (χ4n) is 6.34. The Morgan fingerprint density at radius 1 is 1.27 bits per heavy atom. The molecule has 2 aliphatic heterocycles. The molecule has 2 nitrogen and oxygen atoms in total. The molecule has 1 aromatic carbocycles. The first-order chi connectivity index (χ1) is 10.5. The van der Waals surface area contributed by atoms with Crippen LogP contribution in [-0.2, 0) is 11.8 Å². The number of likely N-dealkylation sites (tertiary alicyclic amines) is 1. The molecule has 2 fully saturated rings. The van der Waals surface area contributed by atoms with Gasteiger partial charge in [0.15, 0.2) is 0 Å². The standard InChI is InChI=1S/C20H27NO/c1-11-5-6-14-10-16-15-9-12(2)13(3)19-20(15,7-8-21(16)4)17(14)18(11)22-19/h5-6,12-13,15-16,19H,7-10H2,1-4H3/t12-,13?,15+,16-,19+,20+/m1/s1. The molecule has 1 saturated carbocycles. The second kappa shape index (κ2) is 4.08. The summed E-state index contributed by atoms with van der Waals surface area (Å²) in [5.41, 5.74) is 4.87. The third kappa shape index (κ3) is 1.33. The van der Waals surface area contributed by atoms with Crippen molar-refractivity contribution in [2.75, 3.05) is 13.6 Å².